The molecular formula is C26H25N5O4. The second-order valence-corrected chi connectivity index (χ2v) is 8.33. The van der Waals surface area contributed by atoms with E-state index >= 15 is 0 Å². The third-order valence-corrected chi connectivity index (χ3v) is 6.24. The van der Waals surface area contributed by atoms with Crippen LogP contribution in [0.2, 0.25) is 0 Å². The molecule has 3 aromatic rings. The number of rotatable bonds is 6. The summed E-state index contributed by atoms with van der Waals surface area (Å²) in [5, 5.41) is 0. The number of benzene rings is 2. The highest BCUT2D eigenvalue weighted by molar-refractivity contribution is 6.22. The molecule has 0 atom stereocenters. The van der Waals surface area contributed by atoms with E-state index in [0.717, 1.165) is 27.7 Å². The maximum Gasteiger partial charge on any atom is 0.262 e. The molecule has 178 valence electrons. The number of carbonyl (C=O) groups excluding carboxylic acids is 3. The van der Waals surface area contributed by atoms with Crippen molar-refractivity contribution in [3.63, 3.8) is 0 Å². The summed E-state index contributed by atoms with van der Waals surface area (Å²) in [6, 6.07) is 16.3. The van der Waals surface area contributed by atoms with Gasteiger partial charge in [-0.3, -0.25) is 19.3 Å². The maximum atomic E-state index is 12.9. The molecule has 9 heteroatoms. The van der Waals surface area contributed by atoms with Gasteiger partial charge in [0.2, 0.25) is 5.91 Å². The fraction of sp³-hybridized carbons (Fsp3) is 0.269. The Kier molecular flexibility index (Phi) is 6.13. The first-order valence-electron chi connectivity index (χ1n) is 11.6. The van der Waals surface area contributed by atoms with E-state index in [1.807, 2.05) is 37.3 Å². The lowest BCUT2D eigenvalue weighted by atomic mass is 10.1. The molecule has 3 amide bonds. The van der Waals surface area contributed by atoms with Crippen LogP contribution < -0.4 is 9.64 Å². The molecule has 1 fully saturated rings. The van der Waals surface area contributed by atoms with Gasteiger partial charge in [-0.1, -0.05) is 12.1 Å². The van der Waals surface area contributed by atoms with Gasteiger partial charge < -0.3 is 14.5 Å². The first kappa shape index (κ1) is 22.5. The Morgan fingerprint density at radius 3 is 2.20 bits per heavy atom. The summed E-state index contributed by atoms with van der Waals surface area (Å²) in [6.07, 6.45) is 1.54. The molecule has 2 aliphatic rings. The van der Waals surface area contributed by atoms with Gasteiger partial charge in [-0.25, -0.2) is 9.97 Å². The number of hydrogen-bond donors (Lipinski definition) is 0. The van der Waals surface area contributed by atoms with Gasteiger partial charge in [0.25, 0.3) is 11.8 Å². The van der Waals surface area contributed by atoms with Crippen molar-refractivity contribution in [3.8, 4) is 17.0 Å². The van der Waals surface area contributed by atoms with Crippen LogP contribution in [-0.4, -0.2) is 76.8 Å². The van der Waals surface area contributed by atoms with E-state index in [-0.39, 0.29) is 12.5 Å². The fourth-order valence-corrected chi connectivity index (χ4v) is 4.37. The van der Waals surface area contributed by atoms with Crippen LogP contribution in [0.4, 0.5) is 5.82 Å². The molecule has 2 aromatic carbocycles. The molecule has 0 aliphatic carbocycles. The highest BCUT2D eigenvalue weighted by atomic mass is 16.5. The second kappa shape index (κ2) is 9.54. The molecule has 1 aromatic heterocycles. The first-order chi connectivity index (χ1) is 17.0. The topological polar surface area (TPSA) is 95.9 Å². The molecule has 0 saturated carbocycles. The average molecular weight is 472 g/mol. The van der Waals surface area contributed by atoms with Gasteiger partial charge in [0.15, 0.2) is 0 Å². The molecule has 9 nitrogen and oxygen atoms in total. The Hall–Kier alpha value is -4.27. The molecule has 2 aliphatic heterocycles. The normalized spacial score (nSPS) is 15.4. The molecule has 0 N–H and O–H groups in total. The van der Waals surface area contributed by atoms with Crippen LogP contribution in [0.5, 0.6) is 5.75 Å². The highest BCUT2D eigenvalue weighted by Crippen LogP contribution is 2.25. The Morgan fingerprint density at radius 1 is 0.914 bits per heavy atom. The molecule has 0 unspecified atom stereocenters. The van der Waals surface area contributed by atoms with E-state index in [9.17, 15) is 14.4 Å². The average Bonchev–Trinajstić information content (AvgIpc) is 3.14. The van der Waals surface area contributed by atoms with Crippen LogP contribution >= 0.6 is 0 Å². The summed E-state index contributed by atoms with van der Waals surface area (Å²) in [4.78, 5) is 51.7. The molecule has 5 rings (SSSR count). The lowest BCUT2D eigenvalue weighted by Gasteiger charge is -2.36. The smallest absolute Gasteiger partial charge is 0.262 e. The quantitative estimate of drug-likeness (QED) is 0.510. The molecule has 0 bridgehead atoms. The molecule has 0 radical (unpaired) electrons. The SMILES string of the molecule is CCOc1ccc(-c2cc(N3CCN(C(=O)CN4C(=O)c5ccccc5C4=O)CC3)ncn2)cc1. The summed E-state index contributed by atoms with van der Waals surface area (Å²) in [5.74, 6) is 0.529. The minimum absolute atomic E-state index is 0.239. The molecule has 1 saturated heterocycles. The molecular weight excluding hydrogens is 446 g/mol. The molecule has 3 heterocycles. The van der Waals surface area contributed by atoms with Crippen molar-refractivity contribution < 1.29 is 19.1 Å². The number of aromatic nitrogens is 2. The lowest BCUT2D eigenvalue weighted by molar-refractivity contribution is -0.131. The third kappa shape index (κ3) is 4.44. The zero-order valence-electron chi connectivity index (χ0n) is 19.4. The summed E-state index contributed by atoms with van der Waals surface area (Å²) in [5.41, 5.74) is 2.47. The van der Waals surface area contributed by atoms with Crippen LogP contribution in [-0.2, 0) is 4.79 Å². The number of amides is 3. The van der Waals surface area contributed by atoms with Gasteiger partial charge >= 0.3 is 0 Å². The lowest BCUT2D eigenvalue weighted by Crippen LogP contribution is -2.52. The van der Waals surface area contributed by atoms with Crippen molar-refractivity contribution in [1.82, 2.24) is 19.8 Å². The second-order valence-electron chi connectivity index (χ2n) is 8.33. The van der Waals surface area contributed by atoms with E-state index in [1.165, 1.54) is 0 Å². The van der Waals surface area contributed by atoms with Gasteiger partial charge in [0, 0.05) is 37.8 Å². The van der Waals surface area contributed by atoms with Crippen molar-refractivity contribution in [2.24, 2.45) is 0 Å². The van der Waals surface area contributed by atoms with Gasteiger partial charge in [-0.15, -0.1) is 0 Å². The van der Waals surface area contributed by atoms with E-state index < -0.39 is 11.8 Å². The Balaban J connectivity index is 1.20. The molecule has 0 spiro atoms. The zero-order valence-corrected chi connectivity index (χ0v) is 19.4. The summed E-state index contributed by atoms with van der Waals surface area (Å²) in [7, 11) is 0. The van der Waals surface area contributed by atoms with E-state index in [1.54, 1.807) is 35.5 Å². The number of ether oxygens (including phenoxy) is 1. The number of anilines is 1. The van der Waals surface area contributed by atoms with Crippen molar-refractivity contribution in [2.45, 2.75) is 6.92 Å². The first-order valence-corrected chi connectivity index (χ1v) is 11.6. The van der Waals surface area contributed by atoms with Crippen molar-refractivity contribution in [3.05, 3.63) is 72.1 Å². The van der Waals surface area contributed by atoms with Crippen LogP contribution in [0.25, 0.3) is 11.3 Å². The zero-order chi connectivity index (χ0) is 24.4. The Labute approximate surface area is 203 Å². The number of carbonyl (C=O) groups is 3. The largest absolute Gasteiger partial charge is 0.494 e. The Bertz CT molecular complexity index is 1230. The minimum atomic E-state index is -0.416. The summed E-state index contributed by atoms with van der Waals surface area (Å²) in [6.45, 7) is 4.45. The summed E-state index contributed by atoms with van der Waals surface area (Å²) < 4.78 is 5.50. The monoisotopic (exact) mass is 471 g/mol. The van der Waals surface area contributed by atoms with Crippen LogP contribution in [0.15, 0.2) is 60.9 Å². The van der Waals surface area contributed by atoms with Gasteiger partial charge in [-0.2, -0.15) is 0 Å². The number of hydrogen-bond acceptors (Lipinski definition) is 7. The van der Waals surface area contributed by atoms with Gasteiger partial charge in [-0.05, 0) is 43.3 Å². The predicted octanol–water partition coefficient (Wildman–Crippen LogP) is 2.49. The van der Waals surface area contributed by atoms with E-state index in [4.69, 9.17) is 4.74 Å². The number of fused-ring (bicyclic) bond motifs is 1. The van der Waals surface area contributed by atoms with Crippen LogP contribution in [0.1, 0.15) is 27.6 Å². The van der Waals surface area contributed by atoms with Crippen molar-refractivity contribution >= 4 is 23.5 Å². The maximum absolute atomic E-state index is 12.9. The van der Waals surface area contributed by atoms with Crippen molar-refractivity contribution in [2.75, 3.05) is 44.2 Å². The third-order valence-electron chi connectivity index (χ3n) is 6.24. The van der Waals surface area contributed by atoms with Crippen LogP contribution in [0.3, 0.4) is 0 Å². The number of nitrogens with zero attached hydrogens (tertiary/aromatic N) is 5. The van der Waals surface area contributed by atoms with Crippen LogP contribution in [0, 0.1) is 0 Å². The fourth-order valence-electron chi connectivity index (χ4n) is 4.37. The van der Waals surface area contributed by atoms with Crippen molar-refractivity contribution in [1.29, 1.82) is 0 Å². The van der Waals surface area contributed by atoms with Gasteiger partial charge in [0.05, 0.1) is 23.4 Å². The molecule has 35 heavy (non-hydrogen) atoms. The number of piperazine rings is 1. The van der Waals surface area contributed by atoms with Gasteiger partial charge in [0.1, 0.15) is 24.4 Å². The highest BCUT2D eigenvalue weighted by Gasteiger charge is 2.37. The number of imide groups is 1. The minimum Gasteiger partial charge on any atom is -0.494 e. The van der Waals surface area contributed by atoms with E-state index in [2.05, 4.69) is 14.9 Å². The standard InChI is InChI=1S/C26H25N5O4/c1-2-35-19-9-7-18(8-10-19)22-15-23(28-17-27-22)29-11-13-30(14-12-29)24(32)16-31-25(33)20-5-3-4-6-21(20)26(31)34/h3-10,15,17H,2,11-14,16H2,1H3. The van der Waals surface area contributed by atoms with E-state index in [0.29, 0.717) is 43.9 Å². The summed E-state index contributed by atoms with van der Waals surface area (Å²) >= 11 is 0. The predicted molar refractivity (Wildman–Crippen MR) is 129 cm³/mol. The Morgan fingerprint density at radius 2 is 1.57 bits per heavy atom.